The Balaban J connectivity index is 4.31. The van der Waals surface area contributed by atoms with Gasteiger partial charge in [0, 0.05) is 0 Å². The maximum Gasteiger partial charge on any atom is 0.0998 e. The molecule has 0 saturated carbocycles. The van der Waals surface area contributed by atoms with Gasteiger partial charge in [0.15, 0.2) is 0 Å². The van der Waals surface area contributed by atoms with Crippen molar-refractivity contribution in [2.24, 2.45) is 0 Å². The average molecular weight is 296 g/mol. The normalized spacial score (nSPS) is 18.1. The number of rotatable bonds is 4. The Bertz CT molecular complexity index is 181. The van der Waals surface area contributed by atoms with Crippen molar-refractivity contribution in [3.05, 3.63) is 10.9 Å². The molecule has 2 atom stereocenters. The lowest BCUT2D eigenvalue weighted by atomic mass is 10.7. The monoisotopic (exact) mass is 294 g/mol. The van der Waals surface area contributed by atoms with E-state index in [-0.39, 0.29) is 8.92 Å². The minimum absolute atomic E-state index is 0.221. The molecule has 0 N–H and O–H groups in total. The van der Waals surface area contributed by atoms with Crippen molar-refractivity contribution in [2.75, 3.05) is 0 Å². The Hall–Kier alpha value is 1.33. The van der Waals surface area contributed by atoms with E-state index >= 15 is 0 Å². The first-order chi connectivity index (χ1) is 5.86. The zero-order valence-corrected chi connectivity index (χ0v) is 13.2. The predicted molar refractivity (Wildman–Crippen MR) is 70.8 cm³/mol. The molecule has 0 spiro atoms. The molecule has 0 radical (unpaired) electrons. The van der Waals surface area contributed by atoms with Crippen LogP contribution in [0.3, 0.4) is 0 Å². The summed E-state index contributed by atoms with van der Waals surface area (Å²) in [6.07, 6.45) is 0. The molecule has 13 heavy (non-hydrogen) atoms. The highest BCUT2D eigenvalue weighted by molar-refractivity contribution is 6.87. The van der Waals surface area contributed by atoms with Gasteiger partial charge in [-0.2, -0.15) is 0 Å². The van der Waals surface area contributed by atoms with E-state index in [1.807, 2.05) is 0 Å². The summed E-state index contributed by atoms with van der Waals surface area (Å²) < 4.78 is -0.443. The maximum absolute atomic E-state index is 5.82. The van der Waals surface area contributed by atoms with E-state index in [9.17, 15) is 0 Å². The van der Waals surface area contributed by atoms with Crippen molar-refractivity contribution >= 4 is 64.0 Å². The molecule has 0 fully saturated rings. The van der Waals surface area contributed by atoms with Crippen molar-refractivity contribution in [1.29, 1.82) is 0 Å². The largest absolute Gasteiger partial charge is 0.109 e. The highest BCUT2D eigenvalue weighted by Crippen LogP contribution is 2.16. The third-order valence-corrected chi connectivity index (χ3v) is 11.3. The molecule has 0 bridgehead atoms. The summed E-state index contributed by atoms with van der Waals surface area (Å²) in [6, 6.07) is 0. The fraction of sp³-hybridized carbons (Fsp3) is 0.714. The standard InChI is InChI=1S/C7H14Cl4Si2/c1-5(13(3)7(10)11)4-12(2)6(8)9/h4,6-7,12-13H,1-3H3. The summed E-state index contributed by atoms with van der Waals surface area (Å²) in [5.74, 6) is 0. The highest BCUT2D eigenvalue weighted by atomic mass is 35.5. The summed E-state index contributed by atoms with van der Waals surface area (Å²) in [7, 11) is -2.30. The Kier molecular flexibility index (Phi) is 7.44. The van der Waals surface area contributed by atoms with Crippen molar-refractivity contribution in [2.45, 2.75) is 28.9 Å². The van der Waals surface area contributed by atoms with Crippen LogP contribution in [-0.2, 0) is 0 Å². The Morgan fingerprint density at radius 1 is 1.08 bits per heavy atom. The molecule has 0 aromatic rings. The molecule has 2 unspecified atom stereocenters. The smallest absolute Gasteiger partial charge is 0.0998 e. The van der Waals surface area contributed by atoms with Crippen LogP contribution in [-0.4, -0.2) is 26.5 Å². The summed E-state index contributed by atoms with van der Waals surface area (Å²) in [5.41, 5.74) is 2.21. The molecule has 6 heteroatoms. The number of allylic oxidation sites excluding steroid dienone is 1. The summed E-state index contributed by atoms with van der Waals surface area (Å²) in [6.45, 7) is 6.33. The second kappa shape index (κ2) is 6.75. The van der Waals surface area contributed by atoms with Crippen molar-refractivity contribution in [3.63, 3.8) is 0 Å². The van der Waals surface area contributed by atoms with Gasteiger partial charge in [-0.1, -0.05) is 24.0 Å². The SMILES string of the molecule is CC(=C[SiH](C)C(Cl)Cl)[SiH](C)C(Cl)Cl. The molecule has 0 aromatic heterocycles. The molecular formula is C7H14Cl4Si2. The average Bonchev–Trinajstić information content (AvgIpc) is 2.02. The first-order valence-electron chi connectivity index (χ1n) is 4.10. The molecule has 0 amide bonds. The second-order valence-corrected chi connectivity index (χ2v) is 13.1. The van der Waals surface area contributed by atoms with E-state index in [0.717, 1.165) is 0 Å². The zero-order chi connectivity index (χ0) is 10.6. The minimum atomic E-state index is -1.16. The van der Waals surface area contributed by atoms with Gasteiger partial charge in [-0.05, 0) is 6.92 Å². The lowest BCUT2D eigenvalue weighted by molar-refractivity contribution is 1.56. The summed E-state index contributed by atoms with van der Waals surface area (Å²) >= 11 is 23.2. The van der Waals surface area contributed by atoms with E-state index in [1.165, 1.54) is 5.20 Å². The Morgan fingerprint density at radius 3 is 1.85 bits per heavy atom. The molecule has 0 aliphatic rings. The van der Waals surface area contributed by atoms with Crippen LogP contribution in [0.25, 0.3) is 0 Å². The summed E-state index contributed by atoms with van der Waals surface area (Å²) in [5, 5.41) is 1.32. The molecular weight excluding hydrogens is 282 g/mol. The molecule has 0 rings (SSSR count). The van der Waals surface area contributed by atoms with Crippen LogP contribution in [0.2, 0.25) is 13.1 Å². The van der Waals surface area contributed by atoms with Gasteiger partial charge < -0.3 is 0 Å². The third-order valence-electron chi connectivity index (χ3n) is 2.02. The lowest BCUT2D eigenvalue weighted by Gasteiger charge is -2.13. The first-order valence-corrected chi connectivity index (χ1v) is 10.7. The molecule has 0 nitrogen and oxygen atoms in total. The van der Waals surface area contributed by atoms with Gasteiger partial charge in [0.25, 0.3) is 0 Å². The molecule has 78 valence electrons. The maximum atomic E-state index is 5.82. The van der Waals surface area contributed by atoms with Gasteiger partial charge in [0.1, 0.15) is 0 Å². The van der Waals surface area contributed by atoms with Crippen LogP contribution in [0.15, 0.2) is 10.9 Å². The highest BCUT2D eigenvalue weighted by Gasteiger charge is 2.17. The van der Waals surface area contributed by atoms with E-state index in [4.69, 9.17) is 46.4 Å². The van der Waals surface area contributed by atoms with E-state index < -0.39 is 17.6 Å². The Labute approximate surface area is 103 Å². The Morgan fingerprint density at radius 2 is 1.54 bits per heavy atom. The molecule has 0 aliphatic heterocycles. The van der Waals surface area contributed by atoms with E-state index in [2.05, 4.69) is 25.7 Å². The number of hydrogen-bond acceptors (Lipinski definition) is 0. The van der Waals surface area contributed by atoms with Gasteiger partial charge in [0.05, 0.1) is 26.5 Å². The molecule has 0 aromatic carbocycles. The molecule has 0 aliphatic carbocycles. The van der Waals surface area contributed by atoms with Crippen LogP contribution in [0.4, 0.5) is 0 Å². The van der Waals surface area contributed by atoms with Crippen molar-refractivity contribution < 1.29 is 0 Å². The van der Waals surface area contributed by atoms with E-state index in [1.54, 1.807) is 0 Å². The van der Waals surface area contributed by atoms with Crippen LogP contribution >= 0.6 is 46.4 Å². The van der Waals surface area contributed by atoms with Crippen molar-refractivity contribution in [1.82, 2.24) is 0 Å². The lowest BCUT2D eigenvalue weighted by Crippen LogP contribution is -2.23. The van der Waals surface area contributed by atoms with E-state index in [0.29, 0.717) is 0 Å². The van der Waals surface area contributed by atoms with Gasteiger partial charge in [0.2, 0.25) is 0 Å². The van der Waals surface area contributed by atoms with Crippen LogP contribution in [0, 0.1) is 0 Å². The zero-order valence-electron chi connectivity index (χ0n) is 7.90. The third kappa shape index (κ3) is 5.70. The topological polar surface area (TPSA) is 0 Å². The number of alkyl halides is 4. The fourth-order valence-corrected chi connectivity index (χ4v) is 5.96. The van der Waals surface area contributed by atoms with Gasteiger partial charge in [-0.15, -0.1) is 46.4 Å². The molecule has 0 heterocycles. The van der Waals surface area contributed by atoms with Crippen molar-refractivity contribution in [3.8, 4) is 0 Å². The predicted octanol–water partition coefficient (Wildman–Crippen LogP) is 3.41. The first kappa shape index (κ1) is 14.3. The van der Waals surface area contributed by atoms with Crippen LogP contribution in [0.1, 0.15) is 6.92 Å². The second-order valence-electron chi connectivity index (χ2n) is 3.23. The quantitative estimate of drug-likeness (QED) is 0.551. The van der Waals surface area contributed by atoms with Crippen LogP contribution < -0.4 is 0 Å². The number of hydrogen-bond donors (Lipinski definition) is 0. The van der Waals surface area contributed by atoms with Gasteiger partial charge in [-0.25, -0.2) is 0 Å². The minimum Gasteiger partial charge on any atom is -0.109 e. The summed E-state index contributed by atoms with van der Waals surface area (Å²) in [4.78, 5) is 0. The molecule has 0 saturated heterocycles. The van der Waals surface area contributed by atoms with Gasteiger partial charge in [-0.3, -0.25) is 0 Å². The van der Waals surface area contributed by atoms with Crippen LogP contribution in [0.5, 0.6) is 0 Å². The van der Waals surface area contributed by atoms with Gasteiger partial charge >= 0.3 is 0 Å². The number of halogens is 4. The fourth-order valence-electron chi connectivity index (χ4n) is 0.838.